The summed E-state index contributed by atoms with van der Waals surface area (Å²) in [4.78, 5) is 31.6. The summed E-state index contributed by atoms with van der Waals surface area (Å²) in [5.41, 5.74) is 3.54. The topological polar surface area (TPSA) is 96.1 Å². The predicted octanol–water partition coefficient (Wildman–Crippen LogP) is 3.87. The molecule has 2 amide bonds. The third-order valence-corrected chi connectivity index (χ3v) is 5.17. The smallest absolute Gasteiger partial charge is 0.273 e. The molecule has 2 aromatic heterocycles. The van der Waals surface area contributed by atoms with Crippen LogP contribution < -0.4 is 15.4 Å². The Balaban J connectivity index is 1.37. The average molecular weight is 390 g/mol. The van der Waals surface area contributed by atoms with E-state index in [9.17, 15) is 9.59 Å². The zero-order valence-corrected chi connectivity index (χ0v) is 15.3. The van der Waals surface area contributed by atoms with E-state index in [2.05, 4.69) is 20.6 Å². The number of carbonyl (C=O) groups is 2. The van der Waals surface area contributed by atoms with Crippen molar-refractivity contribution in [3.63, 3.8) is 0 Å². The van der Waals surface area contributed by atoms with Crippen LogP contribution in [-0.2, 0) is 4.79 Å². The van der Waals surface area contributed by atoms with Gasteiger partial charge < -0.3 is 15.0 Å². The number of rotatable bonds is 3. The summed E-state index contributed by atoms with van der Waals surface area (Å²) in [5, 5.41) is 8.93. The van der Waals surface area contributed by atoms with Crippen molar-refractivity contribution in [1.82, 2.24) is 9.97 Å². The van der Waals surface area contributed by atoms with Crippen LogP contribution in [0.2, 0.25) is 0 Å². The molecule has 138 valence electrons. The summed E-state index contributed by atoms with van der Waals surface area (Å²) in [6.07, 6.45) is 0. The van der Waals surface area contributed by atoms with Gasteiger partial charge >= 0.3 is 0 Å². The molecule has 2 aromatic carbocycles. The Morgan fingerprint density at radius 3 is 2.96 bits per heavy atom. The van der Waals surface area contributed by atoms with E-state index in [1.807, 2.05) is 47.8 Å². The molecule has 0 aliphatic carbocycles. The van der Waals surface area contributed by atoms with Crippen molar-refractivity contribution in [2.75, 3.05) is 17.2 Å². The highest BCUT2D eigenvalue weighted by Crippen LogP contribution is 2.33. The first-order valence-electron chi connectivity index (χ1n) is 8.57. The lowest BCUT2D eigenvalue weighted by atomic mass is 10.1. The average Bonchev–Trinajstić information content (AvgIpc) is 3.34. The molecule has 8 heteroatoms. The number of nitrogens with zero attached hydrogens (tertiary/aromatic N) is 1. The fourth-order valence-corrected chi connectivity index (χ4v) is 3.78. The Morgan fingerprint density at radius 2 is 2.07 bits per heavy atom. The number of nitrogens with one attached hydrogen (secondary N) is 3. The second-order valence-corrected chi connectivity index (χ2v) is 7.17. The molecule has 3 N–H and O–H groups in total. The maximum atomic E-state index is 12.5. The number of ether oxygens (including phenoxy) is 1. The van der Waals surface area contributed by atoms with E-state index in [4.69, 9.17) is 4.74 Å². The van der Waals surface area contributed by atoms with Crippen LogP contribution in [0.4, 0.5) is 10.8 Å². The molecule has 0 saturated carbocycles. The molecule has 0 saturated heterocycles. The van der Waals surface area contributed by atoms with Gasteiger partial charge in [0.2, 0.25) is 0 Å². The number of aromatic amines is 1. The number of aromatic nitrogens is 2. The number of para-hydroxylation sites is 1. The molecular formula is C20H14N4O3S. The van der Waals surface area contributed by atoms with Gasteiger partial charge in [-0.3, -0.25) is 14.9 Å². The van der Waals surface area contributed by atoms with E-state index in [1.54, 1.807) is 6.07 Å². The van der Waals surface area contributed by atoms with Crippen molar-refractivity contribution in [3.8, 4) is 17.0 Å². The van der Waals surface area contributed by atoms with Crippen LogP contribution in [0.1, 0.15) is 10.5 Å². The molecule has 5 rings (SSSR count). The number of benzene rings is 2. The summed E-state index contributed by atoms with van der Waals surface area (Å²) in [5.74, 6) is 0.198. The lowest BCUT2D eigenvalue weighted by Gasteiger charge is -2.18. The van der Waals surface area contributed by atoms with Crippen LogP contribution in [0, 0.1) is 0 Å². The molecule has 7 nitrogen and oxygen atoms in total. The van der Waals surface area contributed by atoms with Crippen LogP contribution in [0.5, 0.6) is 5.75 Å². The van der Waals surface area contributed by atoms with Gasteiger partial charge in [-0.15, -0.1) is 11.3 Å². The Bertz CT molecular complexity index is 1190. The molecule has 3 heterocycles. The summed E-state index contributed by atoms with van der Waals surface area (Å²) in [6.45, 7) is 0.0208. The van der Waals surface area contributed by atoms with Crippen LogP contribution >= 0.6 is 11.3 Å². The predicted molar refractivity (Wildman–Crippen MR) is 108 cm³/mol. The first-order valence-corrected chi connectivity index (χ1v) is 9.45. The lowest BCUT2D eigenvalue weighted by molar-refractivity contribution is -0.118. The van der Waals surface area contributed by atoms with Crippen molar-refractivity contribution >= 4 is 44.9 Å². The molecule has 0 radical (unpaired) electrons. The van der Waals surface area contributed by atoms with E-state index in [0.29, 0.717) is 28.0 Å². The van der Waals surface area contributed by atoms with Crippen molar-refractivity contribution in [2.45, 2.75) is 0 Å². The Labute approximate surface area is 163 Å². The van der Waals surface area contributed by atoms with Crippen molar-refractivity contribution < 1.29 is 14.3 Å². The van der Waals surface area contributed by atoms with Crippen molar-refractivity contribution in [1.29, 1.82) is 0 Å². The van der Waals surface area contributed by atoms with E-state index in [1.165, 1.54) is 11.3 Å². The zero-order chi connectivity index (χ0) is 19.1. The highest BCUT2D eigenvalue weighted by molar-refractivity contribution is 7.14. The maximum Gasteiger partial charge on any atom is 0.273 e. The third-order valence-electron chi connectivity index (χ3n) is 4.41. The zero-order valence-electron chi connectivity index (χ0n) is 14.5. The highest BCUT2D eigenvalue weighted by Gasteiger charge is 2.17. The monoisotopic (exact) mass is 390 g/mol. The number of hydrogen-bond donors (Lipinski definition) is 3. The van der Waals surface area contributed by atoms with Gasteiger partial charge in [0, 0.05) is 21.8 Å². The summed E-state index contributed by atoms with van der Waals surface area (Å²) in [6, 6.07) is 15.0. The molecule has 0 spiro atoms. The number of hydrogen-bond acceptors (Lipinski definition) is 5. The SMILES string of the molecule is O=C1COc2ccc(-c3csc(NC(=O)c4cc5ccccc5[nH]4)n3)cc2N1. The second-order valence-electron chi connectivity index (χ2n) is 6.31. The lowest BCUT2D eigenvalue weighted by Crippen LogP contribution is -2.25. The number of fused-ring (bicyclic) bond motifs is 2. The van der Waals surface area contributed by atoms with Gasteiger partial charge in [0.05, 0.1) is 11.4 Å². The van der Waals surface area contributed by atoms with Gasteiger partial charge in [0.15, 0.2) is 11.7 Å². The Hall–Kier alpha value is -3.65. The van der Waals surface area contributed by atoms with Gasteiger partial charge in [-0.25, -0.2) is 4.98 Å². The first-order chi connectivity index (χ1) is 13.7. The molecule has 1 aliphatic rings. The van der Waals surface area contributed by atoms with E-state index in [-0.39, 0.29) is 18.4 Å². The van der Waals surface area contributed by atoms with Gasteiger partial charge in [-0.05, 0) is 30.3 Å². The molecular weight excluding hydrogens is 376 g/mol. The van der Waals surface area contributed by atoms with E-state index >= 15 is 0 Å². The Morgan fingerprint density at radius 1 is 1.18 bits per heavy atom. The van der Waals surface area contributed by atoms with Gasteiger partial charge in [-0.1, -0.05) is 18.2 Å². The van der Waals surface area contributed by atoms with Crippen LogP contribution in [0.15, 0.2) is 53.9 Å². The minimum Gasteiger partial charge on any atom is -0.482 e. The minimum absolute atomic E-state index is 0.0208. The fourth-order valence-electron chi connectivity index (χ4n) is 3.07. The fraction of sp³-hybridized carbons (Fsp3) is 0.0500. The van der Waals surface area contributed by atoms with Gasteiger partial charge in [-0.2, -0.15) is 0 Å². The molecule has 1 aliphatic heterocycles. The van der Waals surface area contributed by atoms with E-state index < -0.39 is 0 Å². The van der Waals surface area contributed by atoms with Gasteiger partial charge in [0.25, 0.3) is 11.8 Å². The Kier molecular flexibility index (Phi) is 3.84. The summed E-state index contributed by atoms with van der Waals surface area (Å²) < 4.78 is 5.37. The molecule has 4 aromatic rings. The minimum atomic E-state index is -0.247. The van der Waals surface area contributed by atoms with Crippen LogP contribution in [0.25, 0.3) is 22.2 Å². The first kappa shape index (κ1) is 16.5. The van der Waals surface area contributed by atoms with Crippen LogP contribution in [0.3, 0.4) is 0 Å². The maximum absolute atomic E-state index is 12.5. The number of thiazole rings is 1. The third kappa shape index (κ3) is 2.99. The standard InChI is InChI=1S/C20H14N4O3S/c25-18-9-27-17-6-5-12(7-14(17)22-18)16-10-28-20(23-16)24-19(26)15-8-11-3-1-2-4-13(11)21-15/h1-8,10,21H,9H2,(H,22,25)(H,23,24,26). The molecule has 0 atom stereocenters. The van der Waals surface area contributed by atoms with Gasteiger partial charge in [0.1, 0.15) is 11.4 Å². The number of H-pyrrole nitrogens is 1. The second kappa shape index (κ2) is 6.50. The number of anilines is 2. The normalized spacial score (nSPS) is 12.9. The van der Waals surface area contributed by atoms with Crippen molar-refractivity contribution in [2.24, 2.45) is 0 Å². The van der Waals surface area contributed by atoms with E-state index in [0.717, 1.165) is 16.5 Å². The quantitative estimate of drug-likeness (QED) is 0.495. The highest BCUT2D eigenvalue weighted by atomic mass is 32.1. The largest absolute Gasteiger partial charge is 0.482 e. The number of carbonyl (C=O) groups excluding carboxylic acids is 2. The molecule has 0 fully saturated rings. The van der Waals surface area contributed by atoms with Crippen LogP contribution in [-0.4, -0.2) is 28.4 Å². The molecule has 28 heavy (non-hydrogen) atoms. The molecule has 0 bridgehead atoms. The number of amides is 2. The summed E-state index contributed by atoms with van der Waals surface area (Å²) in [7, 11) is 0. The molecule has 0 unspecified atom stereocenters. The van der Waals surface area contributed by atoms with Crippen molar-refractivity contribution in [3.05, 3.63) is 59.6 Å². The summed E-state index contributed by atoms with van der Waals surface area (Å²) >= 11 is 1.34.